The van der Waals surface area contributed by atoms with Crippen molar-refractivity contribution < 1.29 is 4.79 Å². The second kappa shape index (κ2) is 12.4. The molecule has 0 unspecified atom stereocenters. The van der Waals surface area contributed by atoms with Gasteiger partial charge in [0.2, 0.25) is 5.91 Å². The first-order valence-corrected chi connectivity index (χ1v) is 9.87. The highest BCUT2D eigenvalue weighted by molar-refractivity contribution is 14.0. The van der Waals surface area contributed by atoms with Gasteiger partial charge in [0.25, 0.3) is 0 Å². The Morgan fingerprint density at radius 3 is 2.69 bits per heavy atom. The van der Waals surface area contributed by atoms with Crippen LogP contribution in [0.3, 0.4) is 0 Å². The molecular formula is C17H31IN6OS. The summed E-state index contributed by atoms with van der Waals surface area (Å²) in [5, 5.41) is 10.6. The molecule has 2 heterocycles. The van der Waals surface area contributed by atoms with Gasteiger partial charge in [0.15, 0.2) is 5.96 Å². The Balaban J connectivity index is 0.00000338. The Labute approximate surface area is 177 Å². The SMILES string of the molecule is CCNC(=NCc1ncc(CC)s1)NC1CCN(CC(=O)NC)CC1.I. The van der Waals surface area contributed by atoms with E-state index in [0.29, 0.717) is 19.1 Å². The maximum absolute atomic E-state index is 11.5. The van der Waals surface area contributed by atoms with E-state index in [0.717, 1.165) is 49.9 Å². The van der Waals surface area contributed by atoms with Crippen molar-refractivity contribution in [1.29, 1.82) is 0 Å². The molecule has 1 aromatic heterocycles. The van der Waals surface area contributed by atoms with Crippen LogP contribution in [0.4, 0.5) is 0 Å². The number of hydrogen-bond acceptors (Lipinski definition) is 5. The molecule has 0 saturated carbocycles. The Bertz CT molecular complexity index is 571. The van der Waals surface area contributed by atoms with Crippen molar-refractivity contribution in [3.05, 3.63) is 16.1 Å². The summed E-state index contributed by atoms with van der Waals surface area (Å²) >= 11 is 1.73. The molecule has 1 fully saturated rings. The zero-order chi connectivity index (χ0) is 18.1. The maximum Gasteiger partial charge on any atom is 0.233 e. The third-order valence-electron chi connectivity index (χ3n) is 4.24. The maximum atomic E-state index is 11.5. The van der Waals surface area contributed by atoms with Gasteiger partial charge in [-0.05, 0) is 26.2 Å². The van der Waals surface area contributed by atoms with E-state index in [2.05, 4.69) is 44.7 Å². The molecule has 0 aliphatic carbocycles. The van der Waals surface area contributed by atoms with E-state index < -0.39 is 0 Å². The lowest BCUT2D eigenvalue weighted by Gasteiger charge is -2.32. The highest BCUT2D eigenvalue weighted by Gasteiger charge is 2.21. The minimum atomic E-state index is 0. The molecule has 0 spiro atoms. The van der Waals surface area contributed by atoms with Crippen LogP contribution in [0.5, 0.6) is 0 Å². The van der Waals surface area contributed by atoms with Crippen LogP contribution in [0.15, 0.2) is 11.2 Å². The number of aryl methyl sites for hydroxylation is 1. The van der Waals surface area contributed by atoms with Gasteiger partial charge < -0.3 is 16.0 Å². The topological polar surface area (TPSA) is 81.7 Å². The third kappa shape index (κ3) is 7.75. The molecule has 7 nitrogen and oxygen atoms in total. The molecule has 1 amide bonds. The molecule has 26 heavy (non-hydrogen) atoms. The lowest BCUT2D eigenvalue weighted by molar-refractivity contribution is -0.122. The van der Waals surface area contributed by atoms with Gasteiger partial charge in [-0.15, -0.1) is 35.3 Å². The van der Waals surface area contributed by atoms with Gasteiger partial charge in [-0.1, -0.05) is 6.92 Å². The third-order valence-corrected chi connectivity index (χ3v) is 5.37. The summed E-state index contributed by atoms with van der Waals surface area (Å²) < 4.78 is 0. The highest BCUT2D eigenvalue weighted by Crippen LogP contribution is 2.14. The summed E-state index contributed by atoms with van der Waals surface area (Å²) in [6.45, 7) is 7.99. The van der Waals surface area contributed by atoms with E-state index in [4.69, 9.17) is 0 Å². The zero-order valence-electron chi connectivity index (χ0n) is 15.9. The van der Waals surface area contributed by atoms with Crippen LogP contribution in [0.25, 0.3) is 0 Å². The van der Waals surface area contributed by atoms with Crippen LogP contribution in [-0.2, 0) is 17.8 Å². The first kappa shape index (κ1) is 23.1. The first-order valence-electron chi connectivity index (χ1n) is 9.05. The molecule has 0 aromatic carbocycles. The minimum absolute atomic E-state index is 0. The summed E-state index contributed by atoms with van der Waals surface area (Å²) in [6.07, 6.45) is 4.99. The number of carbonyl (C=O) groups is 1. The smallest absolute Gasteiger partial charge is 0.233 e. The Kier molecular flexibility index (Phi) is 11.1. The Hall–Kier alpha value is -0.940. The molecule has 148 valence electrons. The number of nitrogens with one attached hydrogen (secondary N) is 3. The minimum Gasteiger partial charge on any atom is -0.358 e. The van der Waals surface area contributed by atoms with Crippen molar-refractivity contribution in [2.75, 3.05) is 33.2 Å². The Morgan fingerprint density at radius 2 is 2.12 bits per heavy atom. The number of nitrogens with zero attached hydrogens (tertiary/aromatic N) is 3. The number of amides is 1. The monoisotopic (exact) mass is 494 g/mol. The number of guanidine groups is 1. The second-order valence-electron chi connectivity index (χ2n) is 6.14. The van der Waals surface area contributed by atoms with E-state index >= 15 is 0 Å². The van der Waals surface area contributed by atoms with E-state index in [9.17, 15) is 4.79 Å². The number of thiazole rings is 1. The predicted octanol–water partition coefficient (Wildman–Crippen LogP) is 1.59. The lowest BCUT2D eigenvalue weighted by Crippen LogP contribution is -2.50. The van der Waals surface area contributed by atoms with E-state index in [1.807, 2.05) is 6.20 Å². The van der Waals surface area contributed by atoms with Crippen LogP contribution in [0.2, 0.25) is 0 Å². The summed E-state index contributed by atoms with van der Waals surface area (Å²) in [6, 6.07) is 0.390. The zero-order valence-corrected chi connectivity index (χ0v) is 19.0. The molecule has 2 rings (SSSR count). The van der Waals surface area contributed by atoms with Crippen molar-refractivity contribution in [2.45, 2.75) is 45.7 Å². The number of aromatic nitrogens is 1. The van der Waals surface area contributed by atoms with Crippen LogP contribution < -0.4 is 16.0 Å². The molecule has 0 bridgehead atoms. The number of aliphatic imine (C=N–C) groups is 1. The predicted molar refractivity (Wildman–Crippen MR) is 118 cm³/mol. The molecule has 9 heteroatoms. The van der Waals surface area contributed by atoms with Crippen molar-refractivity contribution >= 4 is 47.2 Å². The van der Waals surface area contributed by atoms with Crippen LogP contribution in [0, 0.1) is 0 Å². The number of halogens is 1. The van der Waals surface area contributed by atoms with E-state index in [1.165, 1.54) is 4.88 Å². The van der Waals surface area contributed by atoms with Crippen LogP contribution in [-0.4, -0.2) is 61.0 Å². The van der Waals surface area contributed by atoms with Gasteiger partial charge >= 0.3 is 0 Å². The number of rotatable bonds is 7. The quantitative estimate of drug-likeness (QED) is 0.305. The van der Waals surface area contributed by atoms with E-state index in [1.54, 1.807) is 18.4 Å². The number of piperidine rings is 1. The van der Waals surface area contributed by atoms with Gasteiger partial charge in [0.1, 0.15) is 5.01 Å². The normalized spacial score (nSPS) is 16.0. The van der Waals surface area contributed by atoms with Gasteiger partial charge in [-0.3, -0.25) is 9.69 Å². The van der Waals surface area contributed by atoms with Gasteiger partial charge in [-0.25, -0.2) is 9.98 Å². The molecule has 1 aliphatic rings. The fourth-order valence-corrected chi connectivity index (χ4v) is 3.55. The fourth-order valence-electron chi connectivity index (χ4n) is 2.76. The van der Waals surface area contributed by atoms with Gasteiger partial charge in [-0.2, -0.15) is 0 Å². The lowest BCUT2D eigenvalue weighted by atomic mass is 10.1. The molecule has 1 aliphatic heterocycles. The van der Waals surface area contributed by atoms with Crippen molar-refractivity contribution in [2.24, 2.45) is 4.99 Å². The number of likely N-dealkylation sites (N-methyl/N-ethyl adjacent to an activating group) is 1. The molecule has 0 atom stereocenters. The standard InChI is InChI=1S/C17H30N6OS.HI/c1-4-14-10-20-16(25-14)11-21-17(19-5-2)22-13-6-8-23(9-7-13)12-15(24)18-3;/h10,13H,4-9,11-12H2,1-3H3,(H,18,24)(H2,19,21,22);1H. The van der Waals surface area contributed by atoms with Crippen LogP contribution >= 0.6 is 35.3 Å². The summed E-state index contributed by atoms with van der Waals surface area (Å²) in [5.41, 5.74) is 0. The van der Waals surface area contributed by atoms with Crippen molar-refractivity contribution in [3.8, 4) is 0 Å². The molecule has 1 saturated heterocycles. The molecular weight excluding hydrogens is 463 g/mol. The first-order chi connectivity index (χ1) is 12.1. The molecule has 3 N–H and O–H groups in total. The van der Waals surface area contributed by atoms with Crippen molar-refractivity contribution in [3.63, 3.8) is 0 Å². The van der Waals surface area contributed by atoms with E-state index in [-0.39, 0.29) is 29.9 Å². The summed E-state index contributed by atoms with van der Waals surface area (Å²) in [5.74, 6) is 0.928. The van der Waals surface area contributed by atoms with Gasteiger partial charge in [0.05, 0.1) is 13.1 Å². The van der Waals surface area contributed by atoms with Crippen LogP contribution in [0.1, 0.15) is 36.6 Å². The van der Waals surface area contributed by atoms with Gasteiger partial charge in [0, 0.05) is 43.8 Å². The van der Waals surface area contributed by atoms with Crippen molar-refractivity contribution in [1.82, 2.24) is 25.8 Å². The summed E-state index contributed by atoms with van der Waals surface area (Å²) in [4.78, 5) is 24.1. The average Bonchev–Trinajstić information content (AvgIpc) is 3.09. The largest absolute Gasteiger partial charge is 0.358 e. The number of hydrogen-bond donors (Lipinski definition) is 3. The number of carbonyl (C=O) groups excluding carboxylic acids is 1. The number of likely N-dealkylation sites (tertiary alicyclic amines) is 1. The fraction of sp³-hybridized carbons (Fsp3) is 0.706. The second-order valence-corrected chi connectivity index (χ2v) is 7.34. The Morgan fingerprint density at radius 1 is 1.38 bits per heavy atom. The average molecular weight is 494 g/mol. The highest BCUT2D eigenvalue weighted by atomic mass is 127. The molecule has 1 aromatic rings. The summed E-state index contributed by atoms with van der Waals surface area (Å²) in [7, 11) is 1.68. The molecule has 0 radical (unpaired) electrons.